The SMILES string of the molecule is CC(=O)C(C(C)=O)C(c1ccccc1)C1S(=O)(=O)c2ccccc2S1(=O)=O. The van der Waals surface area contributed by atoms with Gasteiger partial charge in [0.15, 0.2) is 24.3 Å². The summed E-state index contributed by atoms with van der Waals surface area (Å²) in [6.07, 6.45) is 0. The van der Waals surface area contributed by atoms with E-state index in [2.05, 4.69) is 0 Å². The monoisotopic (exact) mass is 406 g/mol. The Bertz CT molecular complexity index is 1050. The number of fused-ring (bicyclic) bond motifs is 1. The molecule has 0 fully saturated rings. The van der Waals surface area contributed by atoms with Crippen LogP contribution in [0.3, 0.4) is 0 Å². The van der Waals surface area contributed by atoms with Gasteiger partial charge < -0.3 is 0 Å². The first-order valence-corrected chi connectivity index (χ1v) is 11.3. The zero-order chi connectivity index (χ0) is 20.0. The summed E-state index contributed by atoms with van der Waals surface area (Å²) in [4.78, 5) is 23.9. The van der Waals surface area contributed by atoms with Gasteiger partial charge in [-0.05, 0) is 31.5 Å². The fourth-order valence-electron chi connectivity index (χ4n) is 3.70. The van der Waals surface area contributed by atoms with Crippen LogP contribution in [0, 0.1) is 5.92 Å². The van der Waals surface area contributed by atoms with Crippen LogP contribution in [0.5, 0.6) is 0 Å². The van der Waals surface area contributed by atoms with Crippen molar-refractivity contribution in [2.45, 2.75) is 34.1 Å². The minimum Gasteiger partial charge on any atom is -0.299 e. The van der Waals surface area contributed by atoms with Crippen molar-refractivity contribution in [3.63, 3.8) is 0 Å². The van der Waals surface area contributed by atoms with E-state index in [-0.39, 0.29) is 9.79 Å². The van der Waals surface area contributed by atoms with Gasteiger partial charge in [0.1, 0.15) is 11.6 Å². The molecule has 8 heteroatoms. The lowest BCUT2D eigenvalue weighted by atomic mass is 9.82. The fourth-order valence-corrected chi connectivity index (χ4v) is 9.48. The molecular weight excluding hydrogens is 388 g/mol. The Hall–Kier alpha value is -2.32. The predicted molar refractivity (Wildman–Crippen MR) is 98.6 cm³/mol. The van der Waals surface area contributed by atoms with E-state index in [0.717, 1.165) is 0 Å². The molecule has 0 saturated carbocycles. The zero-order valence-electron chi connectivity index (χ0n) is 14.7. The lowest BCUT2D eigenvalue weighted by molar-refractivity contribution is -0.131. The summed E-state index contributed by atoms with van der Waals surface area (Å²) < 4.78 is 50.7. The van der Waals surface area contributed by atoms with Crippen LogP contribution in [-0.2, 0) is 29.3 Å². The number of ketones is 2. The summed E-state index contributed by atoms with van der Waals surface area (Å²) in [5.74, 6) is -3.85. The predicted octanol–water partition coefficient (Wildman–Crippen LogP) is 2.15. The average molecular weight is 406 g/mol. The molecule has 1 aliphatic heterocycles. The number of hydrogen-bond acceptors (Lipinski definition) is 6. The molecule has 0 bridgehead atoms. The maximum absolute atomic E-state index is 13.2. The van der Waals surface area contributed by atoms with Gasteiger partial charge >= 0.3 is 0 Å². The molecule has 0 aromatic heterocycles. The van der Waals surface area contributed by atoms with Crippen LogP contribution in [0.1, 0.15) is 25.3 Å². The highest BCUT2D eigenvalue weighted by Gasteiger charge is 2.56. The number of hydrogen-bond donors (Lipinski definition) is 0. The number of Topliss-reactive ketones (excluding diaryl/α,β-unsaturated/α-hetero) is 2. The highest BCUT2D eigenvalue weighted by Crippen LogP contribution is 2.47. The minimum atomic E-state index is -4.31. The summed E-state index contributed by atoms with van der Waals surface area (Å²) in [6, 6.07) is 13.3. The molecule has 0 amide bonds. The van der Waals surface area contributed by atoms with Gasteiger partial charge in [0.2, 0.25) is 0 Å². The molecule has 142 valence electrons. The van der Waals surface area contributed by atoms with Crippen LogP contribution in [-0.4, -0.2) is 33.0 Å². The number of carbonyl (C=O) groups is 2. The van der Waals surface area contributed by atoms with Crippen molar-refractivity contribution in [3.05, 3.63) is 60.2 Å². The zero-order valence-corrected chi connectivity index (χ0v) is 16.3. The van der Waals surface area contributed by atoms with Crippen LogP contribution in [0.15, 0.2) is 64.4 Å². The third-order valence-corrected chi connectivity index (χ3v) is 10.2. The lowest BCUT2D eigenvalue weighted by Gasteiger charge is -2.28. The lowest BCUT2D eigenvalue weighted by Crippen LogP contribution is -2.40. The second-order valence-electron chi connectivity index (χ2n) is 6.54. The molecule has 0 saturated heterocycles. The molecule has 1 aliphatic rings. The van der Waals surface area contributed by atoms with E-state index in [1.165, 1.54) is 50.2 Å². The summed E-state index contributed by atoms with van der Waals surface area (Å²) >= 11 is 0. The Morgan fingerprint density at radius 3 is 1.56 bits per heavy atom. The number of carbonyl (C=O) groups excluding carboxylic acids is 2. The van der Waals surface area contributed by atoms with Crippen molar-refractivity contribution in [2.24, 2.45) is 5.92 Å². The van der Waals surface area contributed by atoms with Crippen LogP contribution in [0.4, 0.5) is 0 Å². The largest absolute Gasteiger partial charge is 0.299 e. The second-order valence-corrected chi connectivity index (χ2v) is 10.9. The number of benzene rings is 2. The summed E-state index contributed by atoms with van der Waals surface area (Å²) in [5, 5.41) is 0. The van der Waals surface area contributed by atoms with E-state index in [1.807, 2.05) is 0 Å². The summed E-state index contributed by atoms with van der Waals surface area (Å²) in [7, 11) is -8.61. The highest BCUT2D eigenvalue weighted by molar-refractivity contribution is 8.11. The van der Waals surface area contributed by atoms with Crippen molar-refractivity contribution in [3.8, 4) is 0 Å². The Morgan fingerprint density at radius 2 is 1.15 bits per heavy atom. The van der Waals surface area contributed by atoms with Crippen molar-refractivity contribution in [1.29, 1.82) is 0 Å². The van der Waals surface area contributed by atoms with Crippen molar-refractivity contribution >= 4 is 31.2 Å². The smallest absolute Gasteiger partial charge is 0.197 e. The average Bonchev–Trinajstić information content (AvgIpc) is 2.76. The standard InChI is InChI=1S/C19H18O6S2/c1-12(20)17(13(2)21)18(14-8-4-3-5-9-14)19-26(22,23)15-10-6-7-11-16(15)27(19,24)25/h3-11,17-19H,1-2H3. The molecule has 0 spiro atoms. The van der Waals surface area contributed by atoms with Gasteiger partial charge in [-0.25, -0.2) is 16.8 Å². The molecule has 0 radical (unpaired) electrons. The van der Waals surface area contributed by atoms with Gasteiger partial charge in [-0.2, -0.15) is 0 Å². The van der Waals surface area contributed by atoms with Crippen LogP contribution < -0.4 is 0 Å². The Labute approximate surface area is 158 Å². The molecule has 0 N–H and O–H groups in total. The summed E-state index contributed by atoms with van der Waals surface area (Å²) in [5.41, 5.74) is 0.317. The molecule has 6 nitrogen and oxygen atoms in total. The summed E-state index contributed by atoms with van der Waals surface area (Å²) in [6.45, 7) is 2.34. The van der Waals surface area contributed by atoms with Crippen LogP contribution >= 0.6 is 0 Å². The fraction of sp³-hybridized carbons (Fsp3) is 0.263. The van der Waals surface area contributed by atoms with E-state index in [9.17, 15) is 26.4 Å². The number of rotatable bonds is 5. The highest BCUT2D eigenvalue weighted by atomic mass is 32.3. The van der Waals surface area contributed by atoms with Crippen molar-refractivity contribution < 1.29 is 26.4 Å². The molecule has 2 aromatic carbocycles. The van der Waals surface area contributed by atoms with E-state index in [0.29, 0.717) is 5.56 Å². The van der Waals surface area contributed by atoms with Crippen molar-refractivity contribution in [2.75, 3.05) is 0 Å². The van der Waals surface area contributed by atoms with Gasteiger partial charge in [0.25, 0.3) is 0 Å². The van der Waals surface area contributed by atoms with Crippen LogP contribution in [0.25, 0.3) is 0 Å². The topological polar surface area (TPSA) is 102 Å². The van der Waals surface area contributed by atoms with Gasteiger partial charge in [-0.1, -0.05) is 42.5 Å². The third-order valence-electron chi connectivity index (χ3n) is 4.79. The molecule has 3 rings (SSSR count). The molecule has 1 unspecified atom stereocenters. The molecule has 0 aliphatic carbocycles. The Balaban J connectivity index is 2.34. The van der Waals surface area contributed by atoms with Gasteiger partial charge in [-0.15, -0.1) is 0 Å². The molecule has 27 heavy (non-hydrogen) atoms. The first-order chi connectivity index (χ1) is 12.6. The van der Waals surface area contributed by atoms with Crippen molar-refractivity contribution in [1.82, 2.24) is 0 Å². The molecule has 1 heterocycles. The van der Waals surface area contributed by atoms with E-state index in [4.69, 9.17) is 0 Å². The third kappa shape index (κ3) is 3.02. The van der Waals surface area contributed by atoms with Gasteiger partial charge in [-0.3, -0.25) is 9.59 Å². The van der Waals surface area contributed by atoms with Crippen LogP contribution in [0.2, 0.25) is 0 Å². The van der Waals surface area contributed by atoms with E-state index in [1.54, 1.807) is 18.2 Å². The minimum absolute atomic E-state index is 0.290. The van der Waals surface area contributed by atoms with E-state index < -0.39 is 47.7 Å². The first kappa shape index (κ1) is 19.4. The first-order valence-electron chi connectivity index (χ1n) is 8.23. The second kappa shape index (κ2) is 6.69. The Morgan fingerprint density at radius 1 is 0.741 bits per heavy atom. The van der Waals surface area contributed by atoms with Gasteiger partial charge in [0, 0.05) is 5.92 Å². The van der Waals surface area contributed by atoms with Gasteiger partial charge in [0.05, 0.1) is 15.7 Å². The molecule has 2 aromatic rings. The van der Waals surface area contributed by atoms with E-state index >= 15 is 0 Å². The molecule has 1 atom stereocenters. The quantitative estimate of drug-likeness (QED) is 0.705. The molecular formula is C19H18O6S2. The maximum Gasteiger partial charge on any atom is 0.197 e. The maximum atomic E-state index is 13.2. The number of sulfone groups is 2. The normalized spacial score (nSPS) is 18.8. The Kier molecular flexibility index (Phi) is 4.81.